The molecule has 0 aliphatic carbocycles. The molecular formula is C21H28N4O. The van der Waals surface area contributed by atoms with Gasteiger partial charge in [-0.25, -0.2) is 0 Å². The summed E-state index contributed by atoms with van der Waals surface area (Å²) in [5, 5.41) is 0. The molecule has 5 heteroatoms. The lowest BCUT2D eigenvalue weighted by molar-refractivity contribution is -0.131. The summed E-state index contributed by atoms with van der Waals surface area (Å²) in [4.78, 5) is 25.7. The van der Waals surface area contributed by atoms with E-state index in [-0.39, 0.29) is 5.91 Å². The van der Waals surface area contributed by atoms with Gasteiger partial charge in [-0.3, -0.25) is 19.7 Å². The molecule has 3 heterocycles. The molecule has 5 nitrogen and oxygen atoms in total. The molecule has 1 aliphatic rings. The highest BCUT2D eigenvalue weighted by molar-refractivity contribution is 5.76. The smallest absolute Gasteiger partial charge is 0.222 e. The highest BCUT2D eigenvalue weighted by Gasteiger charge is 2.23. The average Bonchev–Trinajstić information content (AvgIpc) is 2.94. The molecule has 26 heavy (non-hydrogen) atoms. The van der Waals surface area contributed by atoms with Crippen LogP contribution in [0.4, 0.5) is 0 Å². The zero-order valence-electron chi connectivity index (χ0n) is 15.6. The minimum atomic E-state index is 0.253. The molecule has 1 saturated heterocycles. The van der Waals surface area contributed by atoms with E-state index < -0.39 is 0 Å². The van der Waals surface area contributed by atoms with Gasteiger partial charge in [-0.05, 0) is 57.0 Å². The van der Waals surface area contributed by atoms with Crippen molar-refractivity contribution in [1.82, 2.24) is 19.8 Å². The Labute approximate surface area is 156 Å². The fraction of sp³-hybridized carbons (Fsp3) is 0.476. The summed E-state index contributed by atoms with van der Waals surface area (Å²) in [6.45, 7) is 2.58. The van der Waals surface area contributed by atoms with Crippen molar-refractivity contribution in [3.63, 3.8) is 0 Å². The standard InChI is InChI=1S/C21H28N4O/c1-24(17-19-8-3-5-14-23-19)20-9-6-15-25(16-12-20)21(26)11-10-18-7-2-4-13-22-18/h2-5,7-8,13-14,20H,6,9-12,15-17H2,1H3/t20-/m0/s1. The molecule has 1 fully saturated rings. The predicted molar refractivity (Wildman–Crippen MR) is 102 cm³/mol. The molecule has 0 N–H and O–H groups in total. The number of hydrogen-bond donors (Lipinski definition) is 0. The Morgan fingerprint density at radius 1 is 1.08 bits per heavy atom. The number of carbonyl (C=O) groups is 1. The average molecular weight is 352 g/mol. The van der Waals surface area contributed by atoms with Crippen molar-refractivity contribution >= 4 is 5.91 Å². The van der Waals surface area contributed by atoms with E-state index in [4.69, 9.17) is 0 Å². The normalized spacial score (nSPS) is 17.9. The maximum atomic E-state index is 12.6. The Morgan fingerprint density at radius 3 is 2.50 bits per heavy atom. The van der Waals surface area contributed by atoms with Gasteiger partial charge in [0.15, 0.2) is 0 Å². The van der Waals surface area contributed by atoms with Gasteiger partial charge in [0, 0.05) is 50.2 Å². The first kappa shape index (κ1) is 18.5. The summed E-state index contributed by atoms with van der Waals surface area (Å²) in [5.41, 5.74) is 2.09. The van der Waals surface area contributed by atoms with Gasteiger partial charge < -0.3 is 4.90 Å². The van der Waals surface area contributed by atoms with Crippen LogP contribution in [0.3, 0.4) is 0 Å². The minimum absolute atomic E-state index is 0.253. The fourth-order valence-electron chi connectivity index (χ4n) is 3.58. The van der Waals surface area contributed by atoms with Gasteiger partial charge in [-0.15, -0.1) is 0 Å². The highest BCUT2D eigenvalue weighted by atomic mass is 16.2. The van der Waals surface area contributed by atoms with Crippen LogP contribution in [-0.4, -0.2) is 51.9 Å². The third-order valence-corrected chi connectivity index (χ3v) is 5.13. The van der Waals surface area contributed by atoms with Gasteiger partial charge in [-0.1, -0.05) is 12.1 Å². The second kappa shape index (κ2) is 9.43. The second-order valence-electron chi connectivity index (χ2n) is 7.02. The van der Waals surface area contributed by atoms with E-state index in [1.165, 1.54) is 0 Å². The summed E-state index contributed by atoms with van der Waals surface area (Å²) in [6, 6.07) is 12.4. The lowest BCUT2D eigenvalue weighted by Gasteiger charge is -2.27. The molecule has 0 bridgehead atoms. The number of carbonyl (C=O) groups excluding carboxylic acids is 1. The summed E-state index contributed by atoms with van der Waals surface area (Å²) < 4.78 is 0. The number of hydrogen-bond acceptors (Lipinski definition) is 4. The van der Waals surface area contributed by atoms with Gasteiger partial charge in [0.25, 0.3) is 0 Å². The summed E-state index contributed by atoms with van der Waals surface area (Å²) >= 11 is 0. The molecule has 3 rings (SSSR count). The van der Waals surface area contributed by atoms with Crippen molar-refractivity contribution in [1.29, 1.82) is 0 Å². The zero-order valence-corrected chi connectivity index (χ0v) is 15.6. The van der Waals surface area contributed by atoms with Crippen molar-refractivity contribution < 1.29 is 4.79 Å². The quantitative estimate of drug-likeness (QED) is 0.802. The number of nitrogens with zero attached hydrogens (tertiary/aromatic N) is 4. The molecule has 1 atom stereocenters. The van der Waals surface area contributed by atoms with E-state index in [1.54, 1.807) is 6.20 Å². The number of aryl methyl sites for hydroxylation is 1. The van der Waals surface area contributed by atoms with Gasteiger partial charge in [-0.2, -0.15) is 0 Å². The molecule has 2 aromatic rings. The van der Waals surface area contributed by atoms with Crippen LogP contribution >= 0.6 is 0 Å². The molecule has 0 aromatic carbocycles. The third-order valence-electron chi connectivity index (χ3n) is 5.13. The Bertz CT molecular complexity index is 677. The van der Waals surface area contributed by atoms with Gasteiger partial charge in [0.2, 0.25) is 5.91 Å². The maximum absolute atomic E-state index is 12.6. The summed E-state index contributed by atoms with van der Waals surface area (Å²) in [5.74, 6) is 0.253. The number of amides is 1. The van der Waals surface area contributed by atoms with Crippen LogP contribution in [-0.2, 0) is 17.8 Å². The van der Waals surface area contributed by atoms with E-state index in [0.717, 1.165) is 56.7 Å². The second-order valence-corrected chi connectivity index (χ2v) is 7.02. The van der Waals surface area contributed by atoms with Crippen LogP contribution < -0.4 is 0 Å². The van der Waals surface area contributed by atoms with Crippen LogP contribution in [0.15, 0.2) is 48.8 Å². The summed E-state index contributed by atoms with van der Waals surface area (Å²) in [6.07, 6.45) is 8.12. The van der Waals surface area contributed by atoms with Crippen molar-refractivity contribution in [3.8, 4) is 0 Å². The summed E-state index contributed by atoms with van der Waals surface area (Å²) in [7, 11) is 2.16. The van der Waals surface area contributed by atoms with Crippen molar-refractivity contribution in [2.24, 2.45) is 0 Å². The van der Waals surface area contributed by atoms with Gasteiger partial charge in [0.05, 0.1) is 5.69 Å². The minimum Gasteiger partial charge on any atom is -0.343 e. The molecule has 1 aliphatic heterocycles. The first-order valence-corrected chi connectivity index (χ1v) is 9.50. The maximum Gasteiger partial charge on any atom is 0.222 e. The van der Waals surface area contributed by atoms with Crippen molar-refractivity contribution in [2.75, 3.05) is 20.1 Å². The fourth-order valence-corrected chi connectivity index (χ4v) is 3.58. The number of rotatable bonds is 6. The van der Waals surface area contributed by atoms with E-state index in [2.05, 4.69) is 28.0 Å². The number of aromatic nitrogens is 2. The van der Waals surface area contributed by atoms with Crippen molar-refractivity contribution in [2.45, 2.75) is 44.7 Å². The van der Waals surface area contributed by atoms with E-state index in [0.29, 0.717) is 12.5 Å². The molecule has 0 spiro atoms. The first-order valence-electron chi connectivity index (χ1n) is 9.50. The van der Waals surface area contributed by atoms with Gasteiger partial charge >= 0.3 is 0 Å². The topological polar surface area (TPSA) is 49.3 Å². The van der Waals surface area contributed by atoms with E-state index in [1.807, 2.05) is 41.4 Å². The van der Waals surface area contributed by atoms with Crippen LogP contribution in [0.2, 0.25) is 0 Å². The molecule has 0 radical (unpaired) electrons. The predicted octanol–water partition coefficient (Wildman–Crippen LogP) is 2.92. The number of likely N-dealkylation sites (tertiary alicyclic amines) is 1. The highest BCUT2D eigenvalue weighted by Crippen LogP contribution is 2.18. The monoisotopic (exact) mass is 352 g/mol. The molecule has 138 valence electrons. The zero-order chi connectivity index (χ0) is 18.2. The molecular weight excluding hydrogens is 324 g/mol. The van der Waals surface area contributed by atoms with Crippen LogP contribution in [0.25, 0.3) is 0 Å². The molecule has 1 amide bonds. The van der Waals surface area contributed by atoms with E-state index in [9.17, 15) is 4.79 Å². The third kappa shape index (κ3) is 5.36. The lowest BCUT2D eigenvalue weighted by atomic mass is 10.1. The van der Waals surface area contributed by atoms with E-state index >= 15 is 0 Å². The molecule has 0 saturated carbocycles. The molecule has 2 aromatic heterocycles. The lowest BCUT2D eigenvalue weighted by Crippen LogP contribution is -2.35. The van der Waals surface area contributed by atoms with Gasteiger partial charge in [0.1, 0.15) is 0 Å². The largest absolute Gasteiger partial charge is 0.343 e. The Hall–Kier alpha value is -2.27. The van der Waals surface area contributed by atoms with Crippen LogP contribution in [0.5, 0.6) is 0 Å². The Kier molecular flexibility index (Phi) is 6.72. The van der Waals surface area contributed by atoms with Crippen LogP contribution in [0.1, 0.15) is 37.1 Å². The Balaban J connectivity index is 1.47. The first-order chi connectivity index (χ1) is 12.7. The SMILES string of the molecule is CN(Cc1ccccn1)[C@H]1CCCN(C(=O)CCc2ccccn2)CC1. The number of pyridine rings is 2. The Morgan fingerprint density at radius 2 is 1.81 bits per heavy atom. The van der Waals surface area contributed by atoms with Crippen LogP contribution in [0, 0.1) is 0 Å². The molecule has 0 unspecified atom stereocenters. The van der Waals surface area contributed by atoms with Crippen molar-refractivity contribution in [3.05, 3.63) is 60.2 Å².